The van der Waals surface area contributed by atoms with Gasteiger partial charge < -0.3 is 15.2 Å². The van der Waals surface area contributed by atoms with Gasteiger partial charge in [0.2, 0.25) is 0 Å². The van der Waals surface area contributed by atoms with E-state index < -0.39 is 4.92 Å². The van der Waals surface area contributed by atoms with Crippen LogP contribution in [-0.2, 0) is 7.05 Å². The van der Waals surface area contributed by atoms with Crippen LogP contribution in [0.2, 0.25) is 0 Å². The quantitative estimate of drug-likeness (QED) is 0.564. The molecule has 2 rings (SSSR count). The van der Waals surface area contributed by atoms with Crippen LogP contribution in [0.1, 0.15) is 10.5 Å². The average molecular weight is 281 g/mol. The second-order valence-corrected chi connectivity index (χ2v) is 4.80. The minimum atomic E-state index is -0.502. The molecule has 1 aliphatic rings. The Morgan fingerprint density at radius 3 is 2.80 bits per heavy atom. The van der Waals surface area contributed by atoms with Gasteiger partial charge in [-0.15, -0.1) is 0 Å². The zero-order chi connectivity index (χ0) is 14.5. The number of aryl methyl sites for hydroxylation is 1. The Morgan fingerprint density at radius 1 is 1.50 bits per heavy atom. The molecule has 0 aromatic carbocycles. The van der Waals surface area contributed by atoms with E-state index in [1.807, 2.05) is 0 Å². The summed E-state index contributed by atoms with van der Waals surface area (Å²) in [6.07, 6.45) is 1.34. The number of amides is 1. The van der Waals surface area contributed by atoms with E-state index in [0.717, 1.165) is 32.7 Å². The smallest absolute Gasteiger partial charge is 0.287 e. The summed E-state index contributed by atoms with van der Waals surface area (Å²) in [7, 11) is 1.62. The van der Waals surface area contributed by atoms with Gasteiger partial charge in [0.15, 0.2) is 0 Å². The lowest BCUT2D eigenvalue weighted by molar-refractivity contribution is -0.384. The van der Waals surface area contributed by atoms with Crippen molar-refractivity contribution in [1.29, 1.82) is 0 Å². The molecule has 0 atom stereocenters. The SMILES string of the molecule is Cn1cc([N+](=O)[O-])cc1C(=O)NCCN1CCNCC1. The topological polar surface area (TPSA) is 92.4 Å². The highest BCUT2D eigenvalue weighted by Crippen LogP contribution is 2.14. The Bertz CT molecular complexity index is 493. The fourth-order valence-electron chi connectivity index (χ4n) is 2.23. The van der Waals surface area contributed by atoms with Crippen LogP contribution in [-0.4, -0.2) is 59.6 Å². The van der Waals surface area contributed by atoms with Crippen LogP contribution < -0.4 is 10.6 Å². The summed E-state index contributed by atoms with van der Waals surface area (Å²) in [4.78, 5) is 24.4. The third-order valence-corrected chi connectivity index (χ3v) is 3.36. The maximum absolute atomic E-state index is 12.0. The van der Waals surface area contributed by atoms with Crippen molar-refractivity contribution in [2.75, 3.05) is 39.3 Å². The van der Waals surface area contributed by atoms with E-state index in [0.29, 0.717) is 12.2 Å². The molecule has 20 heavy (non-hydrogen) atoms. The van der Waals surface area contributed by atoms with E-state index in [-0.39, 0.29) is 11.6 Å². The van der Waals surface area contributed by atoms with Crippen LogP contribution in [0.15, 0.2) is 12.3 Å². The lowest BCUT2D eigenvalue weighted by Crippen LogP contribution is -2.46. The van der Waals surface area contributed by atoms with E-state index >= 15 is 0 Å². The molecule has 1 aromatic heterocycles. The van der Waals surface area contributed by atoms with Crippen molar-refractivity contribution in [3.63, 3.8) is 0 Å². The standard InChI is InChI=1S/C12H19N5O3/c1-15-9-10(17(19)20)8-11(15)12(18)14-4-7-16-5-2-13-3-6-16/h8-9,13H,2-7H2,1H3,(H,14,18). The van der Waals surface area contributed by atoms with Gasteiger partial charge in [0.05, 0.1) is 11.1 Å². The van der Waals surface area contributed by atoms with E-state index in [1.54, 1.807) is 7.05 Å². The number of nitro groups is 1. The molecule has 0 bridgehead atoms. The molecule has 0 unspecified atom stereocenters. The highest BCUT2D eigenvalue weighted by Gasteiger charge is 2.17. The zero-order valence-corrected chi connectivity index (χ0v) is 11.5. The van der Waals surface area contributed by atoms with Gasteiger partial charge in [-0.2, -0.15) is 0 Å². The van der Waals surface area contributed by atoms with Crippen molar-refractivity contribution in [2.24, 2.45) is 7.05 Å². The summed E-state index contributed by atoms with van der Waals surface area (Å²) in [5, 5.41) is 16.7. The van der Waals surface area contributed by atoms with Gasteiger partial charge in [-0.25, -0.2) is 0 Å². The molecule has 8 heteroatoms. The van der Waals surface area contributed by atoms with Crippen molar-refractivity contribution < 1.29 is 9.72 Å². The number of hydrogen-bond donors (Lipinski definition) is 2. The van der Waals surface area contributed by atoms with Crippen LogP contribution in [0.5, 0.6) is 0 Å². The zero-order valence-electron chi connectivity index (χ0n) is 11.5. The first-order chi connectivity index (χ1) is 9.58. The molecular formula is C12H19N5O3. The molecule has 2 N–H and O–H groups in total. The van der Waals surface area contributed by atoms with Gasteiger partial charge in [0, 0.05) is 52.4 Å². The minimum Gasteiger partial charge on any atom is -0.349 e. The highest BCUT2D eigenvalue weighted by molar-refractivity contribution is 5.93. The van der Waals surface area contributed by atoms with E-state index in [2.05, 4.69) is 15.5 Å². The molecule has 1 saturated heterocycles. The first-order valence-corrected chi connectivity index (χ1v) is 6.60. The largest absolute Gasteiger partial charge is 0.349 e. The maximum atomic E-state index is 12.0. The maximum Gasteiger partial charge on any atom is 0.287 e. The average Bonchev–Trinajstić information content (AvgIpc) is 2.82. The number of piperazine rings is 1. The summed E-state index contributed by atoms with van der Waals surface area (Å²) in [5.41, 5.74) is 0.233. The molecule has 8 nitrogen and oxygen atoms in total. The summed E-state index contributed by atoms with van der Waals surface area (Å²) in [6.45, 7) is 5.23. The Labute approximate surface area is 116 Å². The third kappa shape index (κ3) is 3.55. The molecule has 1 fully saturated rings. The van der Waals surface area contributed by atoms with Crippen molar-refractivity contribution in [2.45, 2.75) is 0 Å². The van der Waals surface area contributed by atoms with Crippen molar-refractivity contribution in [3.8, 4) is 0 Å². The van der Waals surface area contributed by atoms with Gasteiger partial charge >= 0.3 is 0 Å². The van der Waals surface area contributed by atoms with Crippen LogP contribution in [0.25, 0.3) is 0 Å². The lowest BCUT2D eigenvalue weighted by Gasteiger charge is -2.27. The fraction of sp³-hybridized carbons (Fsp3) is 0.583. The minimum absolute atomic E-state index is 0.0697. The van der Waals surface area contributed by atoms with E-state index in [4.69, 9.17) is 0 Å². The van der Waals surface area contributed by atoms with Gasteiger partial charge in [0.25, 0.3) is 11.6 Å². The Hall–Kier alpha value is -1.93. The first kappa shape index (κ1) is 14.5. The first-order valence-electron chi connectivity index (χ1n) is 6.60. The van der Waals surface area contributed by atoms with Crippen molar-refractivity contribution in [3.05, 3.63) is 28.1 Å². The number of rotatable bonds is 5. The summed E-state index contributed by atoms with van der Waals surface area (Å²) >= 11 is 0. The van der Waals surface area contributed by atoms with Crippen molar-refractivity contribution in [1.82, 2.24) is 20.1 Å². The second-order valence-electron chi connectivity index (χ2n) is 4.80. The lowest BCUT2D eigenvalue weighted by atomic mass is 10.3. The predicted molar refractivity (Wildman–Crippen MR) is 73.7 cm³/mol. The molecule has 0 saturated carbocycles. The monoisotopic (exact) mass is 281 g/mol. The Morgan fingerprint density at radius 2 is 2.20 bits per heavy atom. The van der Waals surface area contributed by atoms with E-state index in [9.17, 15) is 14.9 Å². The molecule has 1 aliphatic heterocycles. The number of carbonyl (C=O) groups is 1. The van der Waals surface area contributed by atoms with Gasteiger partial charge in [0.1, 0.15) is 5.69 Å². The third-order valence-electron chi connectivity index (χ3n) is 3.36. The Kier molecular flexibility index (Phi) is 4.70. The van der Waals surface area contributed by atoms with E-state index in [1.165, 1.54) is 16.8 Å². The summed E-state index contributed by atoms with van der Waals surface area (Å²) < 4.78 is 1.47. The highest BCUT2D eigenvalue weighted by atomic mass is 16.6. The number of carbonyl (C=O) groups excluding carboxylic acids is 1. The molecule has 1 amide bonds. The van der Waals surface area contributed by atoms with Gasteiger partial charge in [-0.3, -0.25) is 19.8 Å². The molecule has 0 spiro atoms. The Balaban J connectivity index is 1.83. The molecule has 1 aromatic rings. The summed E-state index contributed by atoms with van der Waals surface area (Å²) in [5.74, 6) is -0.282. The van der Waals surface area contributed by atoms with Crippen molar-refractivity contribution >= 4 is 11.6 Å². The number of nitrogens with zero attached hydrogens (tertiary/aromatic N) is 3. The summed E-state index contributed by atoms with van der Waals surface area (Å²) in [6, 6.07) is 1.29. The van der Waals surface area contributed by atoms with Crippen LogP contribution in [0.3, 0.4) is 0 Å². The number of nitrogens with one attached hydrogen (secondary N) is 2. The van der Waals surface area contributed by atoms with Gasteiger partial charge in [-0.05, 0) is 0 Å². The normalized spacial score (nSPS) is 16.1. The van der Waals surface area contributed by atoms with Crippen LogP contribution in [0.4, 0.5) is 5.69 Å². The number of hydrogen-bond acceptors (Lipinski definition) is 5. The van der Waals surface area contributed by atoms with Crippen LogP contribution in [0, 0.1) is 10.1 Å². The molecule has 110 valence electrons. The predicted octanol–water partition coefficient (Wildman–Crippen LogP) is -0.432. The second kappa shape index (κ2) is 6.49. The molecule has 0 radical (unpaired) electrons. The molecule has 2 heterocycles. The fourth-order valence-corrected chi connectivity index (χ4v) is 2.23. The molecular weight excluding hydrogens is 262 g/mol. The number of aromatic nitrogens is 1. The molecule has 0 aliphatic carbocycles. The van der Waals surface area contributed by atoms with Crippen LogP contribution >= 0.6 is 0 Å². The van der Waals surface area contributed by atoms with Gasteiger partial charge in [-0.1, -0.05) is 0 Å².